The average molecular weight is 349 g/mol. The van der Waals surface area contributed by atoms with E-state index in [1.54, 1.807) is 25.1 Å². The molecule has 1 aromatic rings. The smallest absolute Gasteiger partial charge is 0.255 e. The van der Waals surface area contributed by atoms with Crippen LogP contribution in [0.1, 0.15) is 19.8 Å². The molecule has 0 saturated carbocycles. The zero-order valence-corrected chi connectivity index (χ0v) is 15.0. The Balaban J connectivity index is 1.53. The van der Waals surface area contributed by atoms with Crippen molar-refractivity contribution in [1.82, 2.24) is 4.98 Å². The van der Waals surface area contributed by atoms with Gasteiger partial charge in [-0.3, -0.25) is 4.79 Å². The molecule has 7 nitrogen and oxygen atoms in total. The number of rotatable bonds is 6. The van der Waals surface area contributed by atoms with Crippen LogP contribution in [0, 0.1) is 0 Å². The highest BCUT2D eigenvalue weighted by Crippen LogP contribution is 2.19. The van der Waals surface area contributed by atoms with Gasteiger partial charge in [0.1, 0.15) is 11.9 Å². The highest BCUT2D eigenvalue weighted by atomic mass is 16.5. The van der Waals surface area contributed by atoms with Gasteiger partial charge in [0.25, 0.3) is 5.91 Å². The number of morpholine rings is 1. The van der Waals surface area contributed by atoms with Crippen molar-refractivity contribution in [3.63, 3.8) is 0 Å². The molecule has 2 aliphatic heterocycles. The summed E-state index contributed by atoms with van der Waals surface area (Å²) in [6, 6.07) is 3.87. The zero-order valence-electron chi connectivity index (χ0n) is 15.0. The average Bonchev–Trinajstić information content (AvgIpc) is 3.19. The van der Waals surface area contributed by atoms with E-state index in [4.69, 9.17) is 14.2 Å². The van der Waals surface area contributed by atoms with Gasteiger partial charge in [-0.15, -0.1) is 0 Å². The molecule has 1 aromatic heterocycles. The molecule has 25 heavy (non-hydrogen) atoms. The second kappa shape index (κ2) is 8.60. The van der Waals surface area contributed by atoms with E-state index >= 15 is 0 Å². The first-order valence-electron chi connectivity index (χ1n) is 8.94. The van der Waals surface area contributed by atoms with Crippen LogP contribution in [0.3, 0.4) is 0 Å². The van der Waals surface area contributed by atoms with Gasteiger partial charge in [0.15, 0.2) is 0 Å². The minimum absolute atomic E-state index is 0.0843. The standard InChI is InChI=1S/C18H27N3O4/c1-14(25-13-16-4-3-9-24-16)18(22)20(2)15-5-6-17(19-12-15)21-7-10-23-11-8-21/h5-6,12,14,16H,3-4,7-11,13H2,1-2H3. The number of carbonyl (C=O) groups excluding carboxylic acids is 1. The van der Waals surface area contributed by atoms with Crippen LogP contribution in [0.15, 0.2) is 18.3 Å². The van der Waals surface area contributed by atoms with E-state index in [0.717, 1.165) is 57.3 Å². The van der Waals surface area contributed by atoms with Gasteiger partial charge in [0.05, 0.1) is 37.8 Å². The first-order valence-corrected chi connectivity index (χ1v) is 8.94. The molecule has 2 fully saturated rings. The van der Waals surface area contributed by atoms with Crippen LogP contribution in [-0.4, -0.2) is 69.7 Å². The van der Waals surface area contributed by atoms with Crippen molar-refractivity contribution in [3.05, 3.63) is 18.3 Å². The first-order chi connectivity index (χ1) is 12.1. The largest absolute Gasteiger partial charge is 0.378 e. The first kappa shape index (κ1) is 18.1. The van der Waals surface area contributed by atoms with Crippen LogP contribution >= 0.6 is 0 Å². The van der Waals surface area contributed by atoms with E-state index in [-0.39, 0.29) is 12.0 Å². The number of nitrogens with zero attached hydrogens (tertiary/aromatic N) is 3. The lowest BCUT2D eigenvalue weighted by Gasteiger charge is -2.28. The Hall–Kier alpha value is -1.70. The lowest BCUT2D eigenvalue weighted by Crippen LogP contribution is -2.38. The molecule has 1 amide bonds. The maximum atomic E-state index is 12.5. The fourth-order valence-electron chi connectivity index (χ4n) is 3.05. The van der Waals surface area contributed by atoms with Gasteiger partial charge in [0, 0.05) is 26.7 Å². The monoisotopic (exact) mass is 349 g/mol. The summed E-state index contributed by atoms with van der Waals surface area (Å²) in [6.45, 7) is 6.17. The Kier molecular flexibility index (Phi) is 6.23. The Morgan fingerprint density at radius 3 is 2.84 bits per heavy atom. The Morgan fingerprint density at radius 2 is 2.20 bits per heavy atom. The van der Waals surface area contributed by atoms with Crippen LogP contribution < -0.4 is 9.80 Å². The van der Waals surface area contributed by atoms with Crippen LogP contribution in [0.25, 0.3) is 0 Å². The number of amides is 1. The molecule has 7 heteroatoms. The third-order valence-electron chi connectivity index (χ3n) is 4.69. The molecule has 2 atom stereocenters. The van der Waals surface area contributed by atoms with Crippen molar-refractivity contribution in [2.45, 2.75) is 32.0 Å². The number of hydrogen-bond donors (Lipinski definition) is 0. The van der Waals surface area contributed by atoms with Crippen molar-refractivity contribution < 1.29 is 19.0 Å². The number of carbonyl (C=O) groups is 1. The van der Waals surface area contributed by atoms with Gasteiger partial charge in [0.2, 0.25) is 0 Å². The summed E-state index contributed by atoms with van der Waals surface area (Å²) < 4.78 is 16.6. The van der Waals surface area contributed by atoms with Crippen LogP contribution in [0.4, 0.5) is 11.5 Å². The molecular formula is C18H27N3O4. The van der Waals surface area contributed by atoms with E-state index in [0.29, 0.717) is 6.61 Å². The molecule has 2 unspecified atom stereocenters. The Bertz CT molecular complexity index is 554. The summed E-state index contributed by atoms with van der Waals surface area (Å²) in [6.07, 6.45) is 3.42. The second-order valence-corrected chi connectivity index (χ2v) is 6.48. The van der Waals surface area contributed by atoms with E-state index in [2.05, 4.69) is 9.88 Å². The Labute approximate surface area is 148 Å². The maximum Gasteiger partial charge on any atom is 0.255 e. The molecule has 0 N–H and O–H groups in total. The molecular weight excluding hydrogens is 322 g/mol. The number of pyridine rings is 1. The minimum Gasteiger partial charge on any atom is -0.378 e. The normalized spacial score (nSPS) is 22.0. The summed E-state index contributed by atoms with van der Waals surface area (Å²) >= 11 is 0. The molecule has 138 valence electrons. The topological polar surface area (TPSA) is 64.1 Å². The maximum absolute atomic E-state index is 12.5. The predicted molar refractivity (Wildman–Crippen MR) is 95.1 cm³/mol. The minimum atomic E-state index is -0.506. The molecule has 2 aliphatic rings. The summed E-state index contributed by atoms with van der Waals surface area (Å²) in [5, 5.41) is 0. The van der Waals surface area contributed by atoms with Crippen molar-refractivity contribution in [3.8, 4) is 0 Å². The molecule has 3 rings (SSSR count). The highest BCUT2D eigenvalue weighted by Gasteiger charge is 2.23. The molecule has 0 radical (unpaired) electrons. The van der Waals surface area contributed by atoms with E-state index < -0.39 is 6.10 Å². The van der Waals surface area contributed by atoms with E-state index in [1.165, 1.54) is 0 Å². The molecule has 2 saturated heterocycles. The third-order valence-corrected chi connectivity index (χ3v) is 4.69. The second-order valence-electron chi connectivity index (χ2n) is 6.48. The fraction of sp³-hybridized carbons (Fsp3) is 0.667. The van der Waals surface area contributed by atoms with Gasteiger partial charge in [-0.25, -0.2) is 4.98 Å². The van der Waals surface area contributed by atoms with Gasteiger partial charge in [-0.1, -0.05) is 0 Å². The zero-order chi connectivity index (χ0) is 17.6. The third kappa shape index (κ3) is 4.68. The summed E-state index contributed by atoms with van der Waals surface area (Å²) in [5.41, 5.74) is 0.759. The molecule has 0 bridgehead atoms. The van der Waals surface area contributed by atoms with Gasteiger partial charge in [-0.2, -0.15) is 0 Å². The van der Waals surface area contributed by atoms with Crippen molar-refractivity contribution in [1.29, 1.82) is 0 Å². The quantitative estimate of drug-likeness (QED) is 0.775. The van der Waals surface area contributed by atoms with Crippen LogP contribution in [0.5, 0.6) is 0 Å². The van der Waals surface area contributed by atoms with E-state index in [1.807, 2.05) is 12.1 Å². The number of anilines is 2. The number of hydrogen-bond acceptors (Lipinski definition) is 6. The van der Waals surface area contributed by atoms with Gasteiger partial charge >= 0.3 is 0 Å². The van der Waals surface area contributed by atoms with Gasteiger partial charge in [-0.05, 0) is 31.9 Å². The fourth-order valence-corrected chi connectivity index (χ4v) is 3.05. The summed E-state index contributed by atoms with van der Waals surface area (Å²) in [4.78, 5) is 20.8. The number of ether oxygens (including phenoxy) is 3. The Morgan fingerprint density at radius 1 is 1.40 bits per heavy atom. The predicted octanol–water partition coefficient (Wildman–Crippen LogP) is 1.47. The summed E-state index contributed by atoms with van der Waals surface area (Å²) in [5.74, 6) is 0.828. The van der Waals surface area contributed by atoms with Gasteiger partial charge < -0.3 is 24.0 Å². The molecule has 0 spiro atoms. The van der Waals surface area contributed by atoms with Crippen LogP contribution in [-0.2, 0) is 19.0 Å². The number of likely N-dealkylation sites (N-methyl/N-ethyl adjacent to an activating group) is 1. The summed E-state index contributed by atoms with van der Waals surface area (Å²) in [7, 11) is 1.75. The molecule has 0 aliphatic carbocycles. The van der Waals surface area contributed by atoms with Crippen molar-refractivity contribution in [2.75, 3.05) is 56.4 Å². The van der Waals surface area contributed by atoms with E-state index in [9.17, 15) is 4.79 Å². The molecule has 3 heterocycles. The lowest BCUT2D eigenvalue weighted by molar-refractivity contribution is -0.130. The van der Waals surface area contributed by atoms with Crippen LogP contribution in [0.2, 0.25) is 0 Å². The van der Waals surface area contributed by atoms with Crippen molar-refractivity contribution in [2.24, 2.45) is 0 Å². The SMILES string of the molecule is CC(OCC1CCCO1)C(=O)N(C)c1ccc(N2CCOCC2)nc1. The molecule has 0 aromatic carbocycles. The van der Waals surface area contributed by atoms with Crippen molar-refractivity contribution >= 4 is 17.4 Å². The number of aromatic nitrogens is 1. The highest BCUT2D eigenvalue weighted by molar-refractivity contribution is 5.95. The lowest BCUT2D eigenvalue weighted by atomic mass is 10.2.